The van der Waals surface area contributed by atoms with E-state index in [1.165, 1.54) is 6.92 Å². The molecule has 6 heteroatoms. The molecule has 0 aliphatic carbocycles. The van der Waals surface area contributed by atoms with Crippen LogP contribution in [0.5, 0.6) is 0 Å². The summed E-state index contributed by atoms with van der Waals surface area (Å²) in [6.45, 7) is 3.14. The van der Waals surface area contributed by atoms with Gasteiger partial charge in [-0.1, -0.05) is 0 Å². The molecule has 0 saturated heterocycles. The lowest BCUT2D eigenvalue weighted by atomic mass is 10.2. The molecular weight excluding hydrogens is 186 g/mol. The summed E-state index contributed by atoms with van der Waals surface area (Å²) in [6, 6.07) is -1.27. The lowest BCUT2D eigenvalue weighted by molar-refractivity contribution is -0.129. The second kappa shape index (κ2) is 6.33. The Morgan fingerprint density at radius 1 is 1.36 bits per heavy atom. The number of nitrogens with two attached hydrogens (primary N) is 1. The van der Waals surface area contributed by atoms with E-state index in [1.807, 2.05) is 0 Å². The van der Waals surface area contributed by atoms with Crippen LogP contribution in [0.25, 0.3) is 0 Å². The fraction of sp³-hybridized carbons (Fsp3) is 0.750. The van der Waals surface area contributed by atoms with E-state index in [-0.39, 0.29) is 25.0 Å². The third kappa shape index (κ3) is 4.78. The number of rotatable bonds is 5. The van der Waals surface area contributed by atoms with Gasteiger partial charge in [0.25, 0.3) is 0 Å². The molecule has 0 aliphatic heterocycles. The van der Waals surface area contributed by atoms with E-state index in [9.17, 15) is 9.59 Å². The van der Waals surface area contributed by atoms with Crippen LogP contribution in [-0.4, -0.2) is 42.2 Å². The Morgan fingerprint density at radius 3 is 2.36 bits per heavy atom. The van der Waals surface area contributed by atoms with Crippen molar-refractivity contribution in [2.24, 2.45) is 5.73 Å². The Labute approximate surface area is 82.9 Å². The van der Waals surface area contributed by atoms with Crippen molar-refractivity contribution < 1.29 is 14.7 Å². The number of hydrogen-bond donors (Lipinski definition) is 4. The highest BCUT2D eigenvalue weighted by molar-refractivity contribution is 5.89. The SMILES string of the molecule is C[C@@H](N)C(=O)N[C@H](C)C(=O)NCCO. The molecule has 2 atom stereocenters. The predicted molar refractivity (Wildman–Crippen MR) is 51.3 cm³/mol. The molecule has 0 rings (SSSR count). The van der Waals surface area contributed by atoms with Crippen molar-refractivity contribution in [1.82, 2.24) is 10.6 Å². The molecule has 0 heterocycles. The van der Waals surface area contributed by atoms with Crippen molar-refractivity contribution in [3.63, 3.8) is 0 Å². The van der Waals surface area contributed by atoms with Crippen molar-refractivity contribution >= 4 is 11.8 Å². The Hall–Kier alpha value is -1.14. The fourth-order valence-electron chi connectivity index (χ4n) is 0.743. The predicted octanol–water partition coefficient (Wildman–Crippen LogP) is -2.05. The van der Waals surface area contributed by atoms with Crippen LogP contribution in [0.15, 0.2) is 0 Å². The molecule has 0 aliphatic rings. The zero-order valence-electron chi connectivity index (χ0n) is 8.41. The van der Waals surface area contributed by atoms with Crippen molar-refractivity contribution in [2.75, 3.05) is 13.2 Å². The number of carbonyl (C=O) groups is 2. The zero-order valence-corrected chi connectivity index (χ0v) is 8.41. The van der Waals surface area contributed by atoms with Crippen LogP contribution in [0.1, 0.15) is 13.8 Å². The van der Waals surface area contributed by atoms with Gasteiger partial charge in [0, 0.05) is 6.54 Å². The Morgan fingerprint density at radius 2 is 1.93 bits per heavy atom. The summed E-state index contributed by atoms with van der Waals surface area (Å²) in [5.74, 6) is -0.718. The van der Waals surface area contributed by atoms with Crippen molar-refractivity contribution in [3.05, 3.63) is 0 Å². The maximum atomic E-state index is 11.2. The van der Waals surface area contributed by atoms with E-state index in [1.54, 1.807) is 6.92 Å². The van der Waals surface area contributed by atoms with E-state index in [0.29, 0.717) is 0 Å². The standard InChI is InChI=1S/C8H17N3O3/c1-5(9)7(13)11-6(2)8(14)10-3-4-12/h5-6,12H,3-4,9H2,1-2H3,(H,10,14)(H,11,13)/t5-,6-/m1/s1. The van der Waals surface area contributed by atoms with Crippen LogP contribution in [0.4, 0.5) is 0 Å². The molecule has 6 nitrogen and oxygen atoms in total. The highest BCUT2D eigenvalue weighted by atomic mass is 16.3. The maximum absolute atomic E-state index is 11.2. The molecule has 0 radical (unpaired) electrons. The van der Waals surface area contributed by atoms with Crippen LogP contribution in [0.2, 0.25) is 0 Å². The largest absolute Gasteiger partial charge is 0.395 e. The molecule has 0 spiro atoms. The third-order valence-corrected chi connectivity index (χ3v) is 1.58. The number of carbonyl (C=O) groups excluding carboxylic acids is 2. The van der Waals surface area contributed by atoms with Gasteiger partial charge in [-0.2, -0.15) is 0 Å². The molecule has 0 aromatic rings. The summed E-state index contributed by atoms with van der Waals surface area (Å²) in [5, 5.41) is 13.3. The fourth-order valence-corrected chi connectivity index (χ4v) is 0.743. The van der Waals surface area contributed by atoms with Crippen molar-refractivity contribution in [2.45, 2.75) is 25.9 Å². The Balaban J connectivity index is 3.89. The topological polar surface area (TPSA) is 104 Å². The van der Waals surface area contributed by atoms with Crippen LogP contribution >= 0.6 is 0 Å². The molecule has 0 aromatic carbocycles. The maximum Gasteiger partial charge on any atom is 0.242 e. The minimum atomic E-state index is -0.639. The van der Waals surface area contributed by atoms with Crippen molar-refractivity contribution in [3.8, 4) is 0 Å². The molecule has 0 fully saturated rings. The monoisotopic (exact) mass is 203 g/mol. The number of amides is 2. The first-order chi connectivity index (χ1) is 6.49. The molecule has 0 saturated carbocycles. The molecule has 82 valence electrons. The summed E-state index contributed by atoms with van der Waals surface area (Å²) < 4.78 is 0. The molecule has 14 heavy (non-hydrogen) atoms. The van der Waals surface area contributed by atoms with Gasteiger partial charge in [0.15, 0.2) is 0 Å². The van der Waals surface area contributed by atoms with Gasteiger partial charge in [-0.3, -0.25) is 9.59 Å². The summed E-state index contributed by atoms with van der Waals surface area (Å²) >= 11 is 0. The first-order valence-electron chi connectivity index (χ1n) is 4.43. The zero-order chi connectivity index (χ0) is 11.1. The molecule has 5 N–H and O–H groups in total. The first kappa shape index (κ1) is 12.9. The summed E-state index contributed by atoms with van der Waals surface area (Å²) in [6.07, 6.45) is 0. The van der Waals surface area contributed by atoms with Gasteiger partial charge in [0.2, 0.25) is 11.8 Å². The number of aliphatic hydroxyl groups is 1. The van der Waals surface area contributed by atoms with Crippen molar-refractivity contribution in [1.29, 1.82) is 0 Å². The van der Waals surface area contributed by atoms with E-state index < -0.39 is 12.1 Å². The van der Waals surface area contributed by atoms with Gasteiger partial charge in [-0.05, 0) is 13.8 Å². The summed E-state index contributed by atoms with van der Waals surface area (Å²) in [4.78, 5) is 22.2. The van der Waals surface area contributed by atoms with E-state index >= 15 is 0 Å². The molecular formula is C8H17N3O3. The molecule has 0 bridgehead atoms. The van der Waals surface area contributed by atoms with E-state index in [4.69, 9.17) is 10.8 Å². The highest BCUT2D eigenvalue weighted by Crippen LogP contribution is 1.84. The van der Waals surface area contributed by atoms with Gasteiger partial charge in [-0.15, -0.1) is 0 Å². The second-order valence-electron chi connectivity index (χ2n) is 3.03. The minimum Gasteiger partial charge on any atom is -0.395 e. The van der Waals surface area contributed by atoms with Crippen LogP contribution < -0.4 is 16.4 Å². The highest BCUT2D eigenvalue weighted by Gasteiger charge is 2.16. The number of aliphatic hydroxyl groups excluding tert-OH is 1. The normalized spacial score (nSPS) is 14.3. The molecule has 0 unspecified atom stereocenters. The lowest BCUT2D eigenvalue weighted by Gasteiger charge is -2.14. The average molecular weight is 203 g/mol. The van der Waals surface area contributed by atoms with Crippen LogP contribution in [0.3, 0.4) is 0 Å². The van der Waals surface area contributed by atoms with Gasteiger partial charge in [0.1, 0.15) is 6.04 Å². The lowest BCUT2D eigenvalue weighted by Crippen LogP contribution is -2.49. The molecule has 0 aromatic heterocycles. The van der Waals surface area contributed by atoms with Gasteiger partial charge >= 0.3 is 0 Å². The number of nitrogens with one attached hydrogen (secondary N) is 2. The van der Waals surface area contributed by atoms with Gasteiger partial charge in [0.05, 0.1) is 12.6 Å². The smallest absolute Gasteiger partial charge is 0.242 e. The average Bonchev–Trinajstić information content (AvgIpc) is 2.13. The first-order valence-corrected chi connectivity index (χ1v) is 4.43. The van der Waals surface area contributed by atoms with Crippen LogP contribution in [-0.2, 0) is 9.59 Å². The van der Waals surface area contributed by atoms with Crippen LogP contribution in [0, 0.1) is 0 Å². The minimum absolute atomic E-state index is 0.125. The van der Waals surface area contributed by atoms with Gasteiger partial charge < -0.3 is 21.5 Å². The quantitative estimate of drug-likeness (QED) is 0.412. The van der Waals surface area contributed by atoms with Gasteiger partial charge in [-0.25, -0.2) is 0 Å². The Bertz CT molecular complexity index is 206. The summed E-state index contributed by atoms with van der Waals surface area (Å²) in [7, 11) is 0. The third-order valence-electron chi connectivity index (χ3n) is 1.58. The molecule has 2 amide bonds. The second-order valence-corrected chi connectivity index (χ2v) is 3.03. The van der Waals surface area contributed by atoms with E-state index in [2.05, 4.69) is 10.6 Å². The van der Waals surface area contributed by atoms with E-state index in [0.717, 1.165) is 0 Å². The summed E-state index contributed by atoms with van der Waals surface area (Å²) in [5.41, 5.74) is 5.30. The number of hydrogen-bond acceptors (Lipinski definition) is 4. The Kier molecular flexibility index (Phi) is 5.82.